The Labute approximate surface area is 191 Å². The van der Waals surface area contributed by atoms with Gasteiger partial charge in [0.15, 0.2) is 0 Å². The van der Waals surface area contributed by atoms with Crippen molar-refractivity contribution in [3.8, 4) is 0 Å². The smallest absolute Gasteiger partial charge is 0.322 e. The van der Waals surface area contributed by atoms with Crippen LogP contribution in [-0.4, -0.2) is 34.8 Å². The largest absolute Gasteiger partial charge is 0.332 e. The number of nitrogens with zero attached hydrogens (tertiary/aromatic N) is 2. The minimum atomic E-state index is -0.376. The monoisotopic (exact) mass is 451 g/mol. The molecule has 1 N–H and O–H groups in total. The van der Waals surface area contributed by atoms with Crippen LogP contribution in [0.25, 0.3) is 0 Å². The highest BCUT2D eigenvalue weighted by Gasteiger charge is 2.22. The molecule has 0 unspecified atom stereocenters. The fraction of sp³-hybridized carbons (Fsp3) is 0.200. The molecule has 1 aromatic heterocycles. The van der Waals surface area contributed by atoms with Crippen molar-refractivity contribution in [2.24, 2.45) is 0 Å². The van der Waals surface area contributed by atoms with Gasteiger partial charge in [0.05, 0.1) is 6.54 Å². The van der Waals surface area contributed by atoms with E-state index in [0.717, 1.165) is 16.0 Å². The number of anilines is 1. The maximum absolute atomic E-state index is 13.3. The number of nitrogens with one attached hydrogen (secondary N) is 1. The van der Waals surface area contributed by atoms with Gasteiger partial charge in [0, 0.05) is 23.7 Å². The summed E-state index contributed by atoms with van der Waals surface area (Å²) in [5.74, 6) is -0.525. The molecule has 2 aromatic carbocycles. The Hall–Kier alpha value is -3.45. The molecule has 0 radical (unpaired) electrons. The van der Waals surface area contributed by atoms with Gasteiger partial charge < -0.3 is 15.1 Å². The van der Waals surface area contributed by atoms with Crippen molar-refractivity contribution in [1.82, 2.24) is 9.80 Å². The predicted octanol–water partition coefficient (Wildman–Crippen LogP) is 5.44. The fourth-order valence-corrected chi connectivity index (χ4v) is 4.07. The first-order valence-corrected chi connectivity index (χ1v) is 11.1. The summed E-state index contributed by atoms with van der Waals surface area (Å²) < 4.78 is 13.3. The number of hydrogen-bond acceptors (Lipinski definition) is 3. The molecule has 0 atom stereocenters. The van der Waals surface area contributed by atoms with E-state index < -0.39 is 0 Å². The highest BCUT2D eigenvalue weighted by atomic mass is 32.1. The summed E-state index contributed by atoms with van der Waals surface area (Å²) in [5, 5.41) is 4.80. The van der Waals surface area contributed by atoms with Crippen LogP contribution in [0.1, 0.15) is 16.0 Å². The van der Waals surface area contributed by atoms with Crippen LogP contribution < -0.4 is 5.32 Å². The quantitative estimate of drug-likeness (QED) is 0.440. The van der Waals surface area contributed by atoms with E-state index in [0.29, 0.717) is 18.8 Å². The molecule has 0 aliphatic carbocycles. The standard InChI is InChI=1S/C25H26FN3O2S/c1-3-14-28(25(31)27-22-7-5-4-6-8-22)18-24(30)29(17-23-19(2)13-15-32-23)16-20-9-11-21(26)12-10-20/h3-13,15H,1,14,16-18H2,2H3,(H,27,31). The highest BCUT2D eigenvalue weighted by molar-refractivity contribution is 7.10. The Kier molecular flexibility index (Phi) is 8.16. The summed E-state index contributed by atoms with van der Waals surface area (Å²) >= 11 is 1.58. The Morgan fingerprint density at radius 1 is 1.03 bits per heavy atom. The number of para-hydroxylation sites is 1. The van der Waals surface area contributed by atoms with E-state index in [1.807, 2.05) is 36.6 Å². The molecule has 0 saturated carbocycles. The Morgan fingerprint density at radius 3 is 2.38 bits per heavy atom. The summed E-state index contributed by atoms with van der Waals surface area (Å²) in [6, 6.07) is 16.8. The fourth-order valence-electron chi connectivity index (χ4n) is 3.14. The lowest BCUT2D eigenvalue weighted by molar-refractivity contribution is -0.132. The lowest BCUT2D eigenvalue weighted by atomic mass is 10.2. The van der Waals surface area contributed by atoms with Crippen molar-refractivity contribution < 1.29 is 14.0 Å². The lowest BCUT2D eigenvalue weighted by Crippen LogP contribution is -2.44. The minimum absolute atomic E-state index is 0.101. The van der Waals surface area contributed by atoms with E-state index in [9.17, 15) is 14.0 Å². The van der Waals surface area contributed by atoms with E-state index in [1.165, 1.54) is 17.0 Å². The van der Waals surface area contributed by atoms with Crippen molar-refractivity contribution >= 4 is 29.0 Å². The summed E-state index contributed by atoms with van der Waals surface area (Å²) in [5.41, 5.74) is 2.58. The average Bonchev–Trinajstić information content (AvgIpc) is 3.19. The van der Waals surface area contributed by atoms with Gasteiger partial charge in [-0.25, -0.2) is 9.18 Å². The summed E-state index contributed by atoms with van der Waals surface area (Å²) in [6.07, 6.45) is 1.59. The van der Waals surface area contributed by atoms with Gasteiger partial charge in [-0.1, -0.05) is 36.4 Å². The number of aryl methyl sites for hydroxylation is 1. The topological polar surface area (TPSA) is 52.7 Å². The van der Waals surface area contributed by atoms with Crippen LogP contribution in [0.15, 0.2) is 78.7 Å². The molecule has 3 rings (SSSR count). The van der Waals surface area contributed by atoms with Crippen molar-refractivity contribution in [1.29, 1.82) is 0 Å². The second-order valence-electron chi connectivity index (χ2n) is 7.37. The van der Waals surface area contributed by atoms with Gasteiger partial charge in [0.1, 0.15) is 12.4 Å². The van der Waals surface area contributed by atoms with Gasteiger partial charge in [-0.3, -0.25) is 4.79 Å². The first-order valence-electron chi connectivity index (χ1n) is 10.2. The number of carbonyl (C=O) groups is 2. The van der Waals surface area contributed by atoms with Crippen LogP contribution in [0.2, 0.25) is 0 Å². The zero-order valence-corrected chi connectivity index (χ0v) is 18.8. The van der Waals surface area contributed by atoms with Crippen LogP contribution in [0.5, 0.6) is 0 Å². The Morgan fingerprint density at radius 2 is 1.75 bits per heavy atom. The highest BCUT2D eigenvalue weighted by Crippen LogP contribution is 2.20. The van der Waals surface area contributed by atoms with Crippen molar-refractivity contribution in [3.05, 3.63) is 101 Å². The van der Waals surface area contributed by atoms with Gasteiger partial charge in [0.2, 0.25) is 5.91 Å². The zero-order chi connectivity index (χ0) is 22.9. The van der Waals surface area contributed by atoms with Gasteiger partial charge in [0.25, 0.3) is 0 Å². The molecule has 3 amide bonds. The summed E-state index contributed by atoms with van der Waals surface area (Å²) in [4.78, 5) is 30.3. The number of urea groups is 1. The number of halogens is 1. The van der Waals surface area contributed by atoms with Crippen molar-refractivity contribution in [2.45, 2.75) is 20.0 Å². The maximum Gasteiger partial charge on any atom is 0.322 e. The van der Waals surface area contributed by atoms with E-state index in [4.69, 9.17) is 0 Å². The van der Waals surface area contributed by atoms with E-state index in [-0.39, 0.29) is 30.8 Å². The molecule has 3 aromatic rings. The molecular weight excluding hydrogens is 425 g/mol. The van der Waals surface area contributed by atoms with Gasteiger partial charge in [-0.15, -0.1) is 17.9 Å². The van der Waals surface area contributed by atoms with Crippen molar-refractivity contribution in [3.63, 3.8) is 0 Å². The zero-order valence-electron chi connectivity index (χ0n) is 18.0. The molecule has 0 aliphatic rings. The average molecular weight is 452 g/mol. The Bertz CT molecular complexity index is 1050. The molecule has 32 heavy (non-hydrogen) atoms. The molecular formula is C25H26FN3O2S. The normalized spacial score (nSPS) is 10.4. The van der Waals surface area contributed by atoms with E-state index in [1.54, 1.807) is 46.6 Å². The minimum Gasteiger partial charge on any atom is -0.332 e. The molecule has 1 heterocycles. The molecule has 0 spiro atoms. The SMILES string of the molecule is C=CCN(CC(=O)N(Cc1ccc(F)cc1)Cc1sccc1C)C(=O)Nc1ccccc1. The molecule has 5 nitrogen and oxygen atoms in total. The number of carbonyl (C=O) groups excluding carboxylic acids is 2. The Balaban J connectivity index is 1.76. The van der Waals surface area contributed by atoms with Crippen LogP contribution >= 0.6 is 11.3 Å². The van der Waals surface area contributed by atoms with Gasteiger partial charge >= 0.3 is 6.03 Å². The number of benzene rings is 2. The first-order chi connectivity index (χ1) is 15.5. The number of thiophene rings is 1. The second-order valence-corrected chi connectivity index (χ2v) is 8.37. The molecule has 0 saturated heterocycles. The van der Waals surface area contributed by atoms with Crippen molar-refractivity contribution in [2.75, 3.05) is 18.4 Å². The third-order valence-corrected chi connectivity index (χ3v) is 5.94. The third-order valence-electron chi connectivity index (χ3n) is 4.93. The van der Waals surface area contributed by atoms with Gasteiger partial charge in [-0.2, -0.15) is 0 Å². The number of rotatable bonds is 9. The molecule has 7 heteroatoms. The van der Waals surface area contributed by atoms with Crippen LogP contribution in [0, 0.1) is 12.7 Å². The molecule has 0 bridgehead atoms. The third kappa shape index (κ3) is 6.52. The van der Waals surface area contributed by atoms with Crippen LogP contribution in [0.3, 0.4) is 0 Å². The van der Waals surface area contributed by atoms with E-state index in [2.05, 4.69) is 11.9 Å². The second kappa shape index (κ2) is 11.2. The number of amides is 3. The van der Waals surface area contributed by atoms with Crippen LogP contribution in [-0.2, 0) is 17.9 Å². The first kappa shape index (κ1) is 23.2. The molecule has 166 valence electrons. The number of hydrogen-bond donors (Lipinski definition) is 1. The maximum atomic E-state index is 13.3. The molecule has 0 fully saturated rings. The lowest BCUT2D eigenvalue weighted by Gasteiger charge is -2.27. The summed E-state index contributed by atoms with van der Waals surface area (Å²) in [6.45, 7) is 6.58. The summed E-state index contributed by atoms with van der Waals surface area (Å²) in [7, 11) is 0. The predicted molar refractivity (Wildman–Crippen MR) is 127 cm³/mol. The van der Waals surface area contributed by atoms with Gasteiger partial charge in [-0.05, 0) is 53.8 Å². The molecule has 0 aliphatic heterocycles. The van der Waals surface area contributed by atoms with E-state index >= 15 is 0 Å². The van der Waals surface area contributed by atoms with Crippen LogP contribution in [0.4, 0.5) is 14.9 Å².